The Morgan fingerprint density at radius 1 is 1.14 bits per heavy atom. The van der Waals surface area contributed by atoms with Gasteiger partial charge < -0.3 is 23.2 Å². The molecule has 0 radical (unpaired) electrons. The Morgan fingerprint density at radius 2 is 1.90 bits per heavy atom. The maximum atomic E-state index is 15.6. The van der Waals surface area contributed by atoms with Crippen molar-refractivity contribution in [3.05, 3.63) is 93.2 Å². The molecule has 0 saturated carbocycles. The number of H-pyrrole nitrogens is 1. The molecular weight excluding hydrogens is 547 g/mol. The topological polar surface area (TPSA) is 162 Å². The van der Waals surface area contributed by atoms with E-state index < -0.39 is 23.2 Å². The van der Waals surface area contributed by atoms with Crippen molar-refractivity contribution in [2.24, 2.45) is 0 Å². The van der Waals surface area contributed by atoms with Crippen LogP contribution in [0.1, 0.15) is 66.3 Å². The van der Waals surface area contributed by atoms with Crippen molar-refractivity contribution in [1.29, 1.82) is 0 Å². The summed E-state index contributed by atoms with van der Waals surface area (Å²) in [4.78, 5) is 29.4. The summed E-state index contributed by atoms with van der Waals surface area (Å²) in [6.07, 6.45) is 1.20. The Bertz CT molecular complexity index is 1780. The van der Waals surface area contributed by atoms with Crippen LogP contribution in [0.15, 0.2) is 56.1 Å². The zero-order valence-electron chi connectivity index (χ0n) is 23.5. The van der Waals surface area contributed by atoms with Gasteiger partial charge in [0.15, 0.2) is 23.8 Å². The number of carbonyl (C=O) groups is 1. The van der Waals surface area contributed by atoms with Crippen LogP contribution >= 0.6 is 0 Å². The number of aromatic amines is 1. The van der Waals surface area contributed by atoms with Crippen LogP contribution in [0.2, 0.25) is 0 Å². The standard InChI is InChI=1S/C29H29FN6O6/c1-5-8-23-31-25(29(3,4)39)24(27(37)40-15-22-16(2)41-28(38)42-22)36(23)14-17-11-12-19(21(30)13-17)18-9-6-7-10-20(18)26-32-34-35-33-26/h6-7,9-13,39H,5,8,14-15H2,1-4H3,(H,32,33,34,35). The van der Waals surface area contributed by atoms with E-state index in [9.17, 15) is 14.7 Å². The number of ether oxygens (including phenoxy) is 1. The summed E-state index contributed by atoms with van der Waals surface area (Å²) in [5.74, 6) is -1.07. The van der Waals surface area contributed by atoms with Crippen molar-refractivity contribution in [3.8, 4) is 22.5 Å². The second kappa shape index (κ2) is 11.5. The summed E-state index contributed by atoms with van der Waals surface area (Å²) in [5.41, 5.74) is 0.735. The number of carbonyl (C=O) groups excluding carboxylic acids is 1. The van der Waals surface area contributed by atoms with E-state index >= 15 is 4.39 Å². The quantitative estimate of drug-likeness (QED) is 0.229. The molecule has 42 heavy (non-hydrogen) atoms. The molecule has 2 aromatic carbocycles. The summed E-state index contributed by atoms with van der Waals surface area (Å²) < 4.78 is 32.5. The molecule has 13 heteroatoms. The molecule has 0 bridgehead atoms. The lowest BCUT2D eigenvalue weighted by Crippen LogP contribution is -2.23. The third-order valence-corrected chi connectivity index (χ3v) is 6.64. The van der Waals surface area contributed by atoms with E-state index in [0.717, 1.165) is 0 Å². The molecule has 0 amide bonds. The van der Waals surface area contributed by atoms with Crippen LogP contribution in [0.3, 0.4) is 0 Å². The molecule has 0 aliphatic carbocycles. The highest BCUT2D eigenvalue weighted by atomic mass is 19.1. The number of hydrogen-bond donors (Lipinski definition) is 2. The number of benzene rings is 2. The first-order valence-electron chi connectivity index (χ1n) is 13.3. The molecular formula is C29H29FN6O6. The van der Waals surface area contributed by atoms with Gasteiger partial charge in [0.25, 0.3) is 0 Å². The maximum absolute atomic E-state index is 15.6. The molecule has 0 atom stereocenters. The fourth-order valence-electron chi connectivity index (χ4n) is 4.67. The van der Waals surface area contributed by atoms with Crippen LogP contribution in [0.4, 0.5) is 4.39 Å². The number of nitrogens with zero attached hydrogens (tertiary/aromatic N) is 5. The number of rotatable bonds is 10. The summed E-state index contributed by atoms with van der Waals surface area (Å²) in [6.45, 7) is 6.21. The highest BCUT2D eigenvalue weighted by molar-refractivity contribution is 5.89. The summed E-state index contributed by atoms with van der Waals surface area (Å²) in [6, 6.07) is 11.9. The third kappa shape index (κ3) is 5.77. The van der Waals surface area contributed by atoms with Gasteiger partial charge in [0.05, 0.1) is 0 Å². The van der Waals surface area contributed by atoms with Gasteiger partial charge in [-0.2, -0.15) is 5.21 Å². The number of nitrogens with one attached hydrogen (secondary N) is 1. The van der Waals surface area contributed by atoms with Gasteiger partial charge in [-0.05, 0) is 49.6 Å². The van der Waals surface area contributed by atoms with Crippen molar-refractivity contribution in [1.82, 2.24) is 30.2 Å². The molecule has 3 heterocycles. The van der Waals surface area contributed by atoms with Gasteiger partial charge in [-0.3, -0.25) is 0 Å². The van der Waals surface area contributed by atoms with Crippen LogP contribution in [-0.4, -0.2) is 41.3 Å². The second-order valence-corrected chi connectivity index (χ2v) is 10.2. The normalized spacial score (nSPS) is 11.7. The Morgan fingerprint density at radius 3 is 2.52 bits per heavy atom. The van der Waals surface area contributed by atoms with E-state index in [2.05, 4.69) is 25.6 Å². The van der Waals surface area contributed by atoms with Crippen LogP contribution < -0.4 is 5.82 Å². The molecule has 5 rings (SSSR count). The molecule has 0 aliphatic heterocycles. The molecule has 0 spiro atoms. The maximum Gasteiger partial charge on any atom is 0.519 e. The number of hydrogen-bond acceptors (Lipinski definition) is 10. The van der Waals surface area contributed by atoms with E-state index in [1.165, 1.54) is 26.8 Å². The molecule has 218 valence electrons. The lowest BCUT2D eigenvalue weighted by atomic mass is 9.97. The SMILES string of the molecule is CCCc1nc(C(C)(C)O)c(C(=O)OCc2oc(=O)oc2C)n1Cc1ccc(-c2ccccc2-c2nn[nH]n2)c(F)c1. The molecule has 0 unspecified atom stereocenters. The molecule has 0 fully saturated rings. The molecule has 0 aliphatic rings. The average molecular weight is 577 g/mol. The fraction of sp³-hybridized carbons (Fsp3) is 0.310. The number of imidazole rings is 1. The van der Waals surface area contributed by atoms with Gasteiger partial charge in [-0.25, -0.2) is 19.0 Å². The van der Waals surface area contributed by atoms with Crippen molar-refractivity contribution in [2.75, 3.05) is 0 Å². The van der Waals surface area contributed by atoms with Gasteiger partial charge in [0, 0.05) is 24.1 Å². The Labute approximate surface area is 239 Å². The second-order valence-electron chi connectivity index (χ2n) is 10.2. The number of aliphatic hydroxyl groups is 1. The fourth-order valence-corrected chi connectivity index (χ4v) is 4.67. The van der Waals surface area contributed by atoms with E-state index in [1.807, 2.05) is 6.92 Å². The van der Waals surface area contributed by atoms with Gasteiger partial charge in [0.2, 0.25) is 5.82 Å². The predicted octanol–water partition coefficient (Wildman–Crippen LogP) is 4.31. The third-order valence-electron chi connectivity index (χ3n) is 6.64. The predicted molar refractivity (Wildman–Crippen MR) is 147 cm³/mol. The lowest BCUT2D eigenvalue weighted by Gasteiger charge is -2.18. The molecule has 5 aromatic rings. The Balaban J connectivity index is 1.51. The number of halogens is 1. The molecule has 2 N–H and O–H groups in total. The lowest BCUT2D eigenvalue weighted by molar-refractivity contribution is 0.0395. The van der Waals surface area contributed by atoms with Crippen molar-refractivity contribution in [2.45, 2.75) is 59.3 Å². The Hall–Kier alpha value is -4.91. The van der Waals surface area contributed by atoms with Gasteiger partial charge in [-0.15, -0.1) is 10.2 Å². The van der Waals surface area contributed by atoms with Gasteiger partial charge in [-0.1, -0.05) is 43.3 Å². The minimum atomic E-state index is -1.49. The van der Waals surface area contributed by atoms with Crippen molar-refractivity contribution < 1.29 is 27.9 Å². The minimum Gasteiger partial charge on any atom is -0.453 e. The first-order chi connectivity index (χ1) is 20.1. The van der Waals surface area contributed by atoms with Crippen LogP contribution in [0.5, 0.6) is 0 Å². The first kappa shape index (κ1) is 28.6. The zero-order valence-corrected chi connectivity index (χ0v) is 23.5. The van der Waals surface area contributed by atoms with Crippen LogP contribution in [0.25, 0.3) is 22.5 Å². The number of esters is 1. The Kier molecular flexibility index (Phi) is 7.85. The molecule has 12 nitrogen and oxygen atoms in total. The van der Waals surface area contributed by atoms with Gasteiger partial charge >= 0.3 is 11.8 Å². The largest absolute Gasteiger partial charge is 0.519 e. The van der Waals surface area contributed by atoms with E-state index in [4.69, 9.17) is 13.6 Å². The smallest absolute Gasteiger partial charge is 0.453 e. The van der Waals surface area contributed by atoms with E-state index in [-0.39, 0.29) is 36.1 Å². The number of tetrazole rings is 1. The highest BCUT2D eigenvalue weighted by Gasteiger charge is 2.33. The van der Waals surface area contributed by atoms with Gasteiger partial charge in [0.1, 0.15) is 22.9 Å². The van der Waals surface area contributed by atoms with E-state index in [1.54, 1.807) is 41.0 Å². The zero-order chi connectivity index (χ0) is 30.0. The summed E-state index contributed by atoms with van der Waals surface area (Å²) >= 11 is 0. The van der Waals surface area contributed by atoms with Crippen molar-refractivity contribution >= 4 is 5.97 Å². The molecule has 0 saturated heterocycles. The first-order valence-corrected chi connectivity index (χ1v) is 13.3. The highest BCUT2D eigenvalue weighted by Crippen LogP contribution is 2.33. The average Bonchev–Trinajstić information content (AvgIpc) is 3.67. The van der Waals surface area contributed by atoms with E-state index in [0.29, 0.717) is 46.7 Å². The van der Waals surface area contributed by atoms with Crippen molar-refractivity contribution in [3.63, 3.8) is 0 Å². The number of aryl methyl sites for hydroxylation is 2. The van der Waals surface area contributed by atoms with Crippen LogP contribution in [-0.2, 0) is 29.9 Å². The van der Waals surface area contributed by atoms with Crippen LogP contribution in [0, 0.1) is 12.7 Å². The minimum absolute atomic E-state index is 0.0152. The summed E-state index contributed by atoms with van der Waals surface area (Å²) in [5, 5.41) is 25.0. The summed E-state index contributed by atoms with van der Waals surface area (Å²) in [7, 11) is 0. The monoisotopic (exact) mass is 576 g/mol. The molecule has 3 aromatic heterocycles. The number of aromatic nitrogens is 6.